The van der Waals surface area contributed by atoms with Gasteiger partial charge in [0.1, 0.15) is 5.75 Å². The molecule has 0 aliphatic heterocycles. The molecule has 0 fully saturated rings. The van der Waals surface area contributed by atoms with Gasteiger partial charge in [0.05, 0.1) is 18.4 Å². The lowest BCUT2D eigenvalue weighted by atomic mass is 9.99. The third kappa shape index (κ3) is 5.02. The molecule has 2 aromatic carbocycles. The molecule has 1 aromatic heterocycles. The van der Waals surface area contributed by atoms with E-state index >= 15 is 0 Å². The Kier molecular flexibility index (Phi) is 7.52. The Hall–Kier alpha value is -2.80. The van der Waals surface area contributed by atoms with Gasteiger partial charge in [-0.3, -0.25) is 4.79 Å². The number of benzene rings is 2. The van der Waals surface area contributed by atoms with Gasteiger partial charge in [-0.1, -0.05) is 49.9 Å². The van der Waals surface area contributed by atoms with Gasteiger partial charge in [-0.15, -0.1) is 10.2 Å². The van der Waals surface area contributed by atoms with E-state index in [0.717, 1.165) is 29.2 Å². The van der Waals surface area contributed by atoms with Gasteiger partial charge in [-0.2, -0.15) is 0 Å². The molecule has 0 bridgehead atoms. The van der Waals surface area contributed by atoms with Crippen molar-refractivity contribution in [2.75, 3.05) is 18.2 Å². The average molecular weight is 425 g/mol. The van der Waals surface area contributed by atoms with Crippen LogP contribution in [-0.2, 0) is 11.3 Å². The largest absolute Gasteiger partial charge is 0.496 e. The van der Waals surface area contributed by atoms with Crippen molar-refractivity contribution in [2.24, 2.45) is 0 Å². The number of carbonyl (C=O) groups is 1. The fourth-order valence-electron chi connectivity index (χ4n) is 3.17. The van der Waals surface area contributed by atoms with Crippen LogP contribution in [0.3, 0.4) is 0 Å². The molecule has 3 rings (SSSR count). The van der Waals surface area contributed by atoms with E-state index in [1.807, 2.05) is 47.9 Å². The molecular formula is C23H28N4O2S. The fraction of sp³-hybridized carbons (Fsp3) is 0.348. The van der Waals surface area contributed by atoms with Gasteiger partial charge in [0.2, 0.25) is 5.91 Å². The van der Waals surface area contributed by atoms with Gasteiger partial charge in [-0.05, 0) is 49.1 Å². The predicted molar refractivity (Wildman–Crippen MR) is 122 cm³/mol. The third-order valence-electron chi connectivity index (χ3n) is 5.09. The molecular weight excluding hydrogens is 396 g/mol. The molecule has 3 aromatic rings. The van der Waals surface area contributed by atoms with Gasteiger partial charge in [-0.25, -0.2) is 0 Å². The van der Waals surface area contributed by atoms with Crippen molar-refractivity contribution in [3.05, 3.63) is 54.1 Å². The molecule has 0 radical (unpaired) electrons. The summed E-state index contributed by atoms with van der Waals surface area (Å²) < 4.78 is 7.45. The summed E-state index contributed by atoms with van der Waals surface area (Å²) in [4.78, 5) is 12.4. The summed E-state index contributed by atoms with van der Waals surface area (Å²) in [5.41, 5.74) is 2.97. The summed E-state index contributed by atoms with van der Waals surface area (Å²) in [6, 6.07) is 15.8. The highest BCUT2D eigenvalue weighted by Crippen LogP contribution is 2.30. The third-order valence-corrected chi connectivity index (χ3v) is 6.06. The zero-order valence-electron chi connectivity index (χ0n) is 17.9. The van der Waals surface area contributed by atoms with E-state index in [4.69, 9.17) is 4.74 Å². The van der Waals surface area contributed by atoms with E-state index in [1.54, 1.807) is 7.11 Å². The van der Waals surface area contributed by atoms with Crippen LogP contribution in [0.1, 0.15) is 38.7 Å². The van der Waals surface area contributed by atoms with Gasteiger partial charge in [0.15, 0.2) is 11.0 Å². The Labute approximate surface area is 182 Å². The number of ether oxygens (including phenoxy) is 1. The average Bonchev–Trinajstić information content (AvgIpc) is 3.20. The first-order valence-corrected chi connectivity index (χ1v) is 11.1. The van der Waals surface area contributed by atoms with Gasteiger partial charge < -0.3 is 14.6 Å². The van der Waals surface area contributed by atoms with Crippen LogP contribution in [0.5, 0.6) is 5.75 Å². The van der Waals surface area contributed by atoms with Crippen molar-refractivity contribution in [1.29, 1.82) is 0 Å². The maximum atomic E-state index is 12.4. The van der Waals surface area contributed by atoms with Crippen molar-refractivity contribution >= 4 is 23.4 Å². The normalized spacial score (nSPS) is 11.9. The number of hydrogen-bond acceptors (Lipinski definition) is 5. The summed E-state index contributed by atoms with van der Waals surface area (Å²) in [6.07, 6.45) is 1.09. The number of para-hydroxylation sites is 1. The van der Waals surface area contributed by atoms with E-state index in [-0.39, 0.29) is 11.7 Å². The molecule has 1 N–H and O–H groups in total. The summed E-state index contributed by atoms with van der Waals surface area (Å²) in [6.45, 7) is 7.10. The number of nitrogens with one attached hydrogen (secondary N) is 1. The Balaban J connectivity index is 1.66. The Morgan fingerprint density at radius 1 is 1.13 bits per heavy atom. The van der Waals surface area contributed by atoms with E-state index in [0.29, 0.717) is 17.6 Å². The van der Waals surface area contributed by atoms with Gasteiger partial charge >= 0.3 is 0 Å². The van der Waals surface area contributed by atoms with Crippen LogP contribution in [-0.4, -0.2) is 33.5 Å². The number of carbonyl (C=O) groups excluding carboxylic acids is 1. The van der Waals surface area contributed by atoms with E-state index in [9.17, 15) is 4.79 Å². The SMILES string of the molecule is CC[C@H](C)c1ccc(NC(=O)CSc2nnc(-c3ccccc3OC)n2CC)cc1. The maximum absolute atomic E-state index is 12.4. The second-order valence-electron chi connectivity index (χ2n) is 7.02. The molecule has 158 valence electrons. The van der Waals surface area contributed by atoms with Crippen molar-refractivity contribution in [3.8, 4) is 17.1 Å². The Morgan fingerprint density at radius 3 is 2.53 bits per heavy atom. The van der Waals surface area contributed by atoms with Crippen LogP contribution < -0.4 is 10.1 Å². The van der Waals surface area contributed by atoms with Crippen molar-refractivity contribution in [1.82, 2.24) is 14.8 Å². The number of aromatic nitrogens is 3. The van der Waals surface area contributed by atoms with Crippen molar-refractivity contribution in [3.63, 3.8) is 0 Å². The number of thioether (sulfide) groups is 1. The van der Waals surface area contributed by atoms with Crippen LogP contribution in [0.4, 0.5) is 5.69 Å². The lowest BCUT2D eigenvalue weighted by Crippen LogP contribution is -2.14. The smallest absolute Gasteiger partial charge is 0.234 e. The second kappa shape index (κ2) is 10.3. The minimum atomic E-state index is -0.0687. The quantitative estimate of drug-likeness (QED) is 0.477. The summed E-state index contributed by atoms with van der Waals surface area (Å²) in [5.74, 6) is 2.19. The molecule has 0 saturated heterocycles. The lowest BCUT2D eigenvalue weighted by Gasteiger charge is -2.11. The minimum Gasteiger partial charge on any atom is -0.496 e. The molecule has 6 nitrogen and oxygen atoms in total. The lowest BCUT2D eigenvalue weighted by molar-refractivity contribution is -0.113. The predicted octanol–water partition coefficient (Wildman–Crippen LogP) is 5.22. The van der Waals surface area contributed by atoms with Crippen LogP contribution in [0.2, 0.25) is 0 Å². The van der Waals surface area contributed by atoms with E-state index < -0.39 is 0 Å². The molecule has 0 unspecified atom stereocenters. The Bertz CT molecular complexity index is 985. The Morgan fingerprint density at radius 2 is 1.87 bits per heavy atom. The second-order valence-corrected chi connectivity index (χ2v) is 7.96. The fourth-order valence-corrected chi connectivity index (χ4v) is 3.97. The molecule has 30 heavy (non-hydrogen) atoms. The highest BCUT2D eigenvalue weighted by molar-refractivity contribution is 7.99. The van der Waals surface area contributed by atoms with E-state index in [2.05, 4.69) is 41.5 Å². The van der Waals surface area contributed by atoms with Crippen molar-refractivity contribution < 1.29 is 9.53 Å². The number of nitrogens with zero attached hydrogens (tertiary/aromatic N) is 3. The molecule has 1 amide bonds. The summed E-state index contributed by atoms with van der Waals surface area (Å²) >= 11 is 1.38. The first-order valence-electron chi connectivity index (χ1n) is 10.2. The number of rotatable bonds is 9. The zero-order valence-corrected chi connectivity index (χ0v) is 18.7. The maximum Gasteiger partial charge on any atom is 0.234 e. The molecule has 0 aliphatic rings. The molecule has 0 spiro atoms. The topological polar surface area (TPSA) is 69.0 Å². The van der Waals surface area contributed by atoms with Crippen LogP contribution >= 0.6 is 11.8 Å². The number of amides is 1. The van der Waals surface area contributed by atoms with E-state index in [1.165, 1.54) is 17.3 Å². The number of methoxy groups -OCH3 is 1. The van der Waals surface area contributed by atoms with Crippen LogP contribution in [0, 0.1) is 0 Å². The summed E-state index contributed by atoms with van der Waals surface area (Å²) in [5, 5.41) is 12.3. The standard InChI is InChI=1S/C23H28N4O2S/c1-5-16(3)17-11-13-18(14-12-17)24-21(28)15-30-23-26-25-22(27(23)6-2)19-9-7-8-10-20(19)29-4/h7-14,16H,5-6,15H2,1-4H3,(H,24,28)/t16-/m0/s1. The molecule has 0 saturated carbocycles. The van der Waals surface area contributed by atoms with Gasteiger partial charge in [0.25, 0.3) is 0 Å². The molecule has 0 aliphatic carbocycles. The highest BCUT2D eigenvalue weighted by Gasteiger charge is 2.17. The highest BCUT2D eigenvalue weighted by atomic mass is 32.2. The van der Waals surface area contributed by atoms with Crippen molar-refractivity contribution in [2.45, 2.75) is 44.8 Å². The first-order chi connectivity index (χ1) is 14.6. The monoisotopic (exact) mass is 424 g/mol. The summed E-state index contributed by atoms with van der Waals surface area (Å²) in [7, 11) is 1.64. The zero-order chi connectivity index (χ0) is 21.5. The first kappa shape index (κ1) is 21.9. The number of hydrogen-bond donors (Lipinski definition) is 1. The molecule has 7 heteroatoms. The molecule has 1 atom stereocenters. The number of anilines is 1. The molecule has 1 heterocycles. The van der Waals surface area contributed by atoms with Crippen LogP contribution in [0.25, 0.3) is 11.4 Å². The minimum absolute atomic E-state index is 0.0687. The van der Waals surface area contributed by atoms with Gasteiger partial charge in [0, 0.05) is 12.2 Å². The van der Waals surface area contributed by atoms with Crippen LogP contribution in [0.15, 0.2) is 53.7 Å².